The minimum absolute atomic E-state index is 0.119. The van der Waals surface area contributed by atoms with Crippen LogP contribution in [0, 0.1) is 0 Å². The zero-order valence-electron chi connectivity index (χ0n) is 10.0. The molecular formula is C7H14N10O. The molecule has 11 heteroatoms. The van der Waals surface area contributed by atoms with E-state index in [1.807, 2.05) is 0 Å². The van der Waals surface area contributed by atoms with Crippen molar-refractivity contribution in [2.45, 2.75) is 0 Å². The molecule has 0 aromatic carbocycles. The average Bonchev–Trinajstić information content (AvgIpc) is 2.35. The molecule has 0 saturated heterocycles. The van der Waals surface area contributed by atoms with E-state index >= 15 is 0 Å². The van der Waals surface area contributed by atoms with Gasteiger partial charge in [0.05, 0.1) is 13.2 Å². The zero-order valence-corrected chi connectivity index (χ0v) is 10.0. The Morgan fingerprint density at radius 1 is 1.17 bits per heavy atom. The summed E-state index contributed by atoms with van der Waals surface area (Å²) < 4.78 is 5.22. The Bertz CT molecular complexity index is 392. The van der Waals surface area contributed by atoms with Crippen LogP contribution < -0.4 is 26.4 Å². The largest absolute Gasteiger partial charge is 0.463 e. The molecule has 0 atom stereocenters. The lowest BCUT2D eigenvalue weighted by Gasteiger charge is -2.08. The minimum atomic E-state index is 0.119. The van der Waals surface area contributed by atoms with E-state index in [1.165, 1.54) is 0 Å². The monoisotopic (exact) mass is 254 g/mol. The maximum absolute atomic E-state index is 8.12. The van der Waals surface area contributed by atoms with Gasteiger partial charge in [-0.1, -0.05) is 5.11 Å². The molecule has 1 rings (SSSR count). The molecule has 11 nitrogen and oxygen atoms in total. The number of anilines is 2. The predicted molar refractivity (Wildman–Crippen MR) is 64.7 cm³/mol. The highest BCUT2D eigenvalue weighted by Gasteiger charge is 2.06. The van der Waals surface area contributed by atoms with E-state index in [0.717, 1.165) is 0 Å². The highest BCUT2D eigenvalue weighted by Crippen LogP contribution is 2.09. The fraction of sp³-hybridized carbons (Fsp3) is 0.571. The van der Waals surface area contributed by atoms with Crippen LogP contribution >= 0.6 is 0 Å². The number of azide groups is 1. The Morgan fingerprint density at radius 2 is 1.78 bits per heavy atom. The first-order valence-electron chi connectivity index (χ1n) is 5.05. The number of rotatable bonds is 8. The molecule has 18 heavy (non-hydrogen) atoms. The first kappa shape index (κ1) is 13.7. The second-order valence-corrected chi connectivity index (χ2v) is 2.82. The molecule has 0 unspecified atom stereocenters. The maximum atomic E-state index is 8.12. The van der Waals surface area contributed by atoms with Gasteiger partial charge in [0, 0.05) is 19.0 Å². The van der Waals surface area contributed by atoms with Crippen molar-refractivity contribution < 1.29 is 4.74 Å². The van der Waals surface area contributed by atoms with Crippen molar-refractivity contribution in [1.82, 2.24) is 25.8 Å². The van der Waals surface area contributed by atoms with Crippen molar-refractivity contribution in [3.8, 4) is 6.01 Å². The smallest absolute Gasteiger partial charge is 0.323 e. The lowest BCUT2D eigenvalue weighted by atomic mass is 10.7. The lowest BCUT2D eigenvalue weighted by Crippen LogP contribution is -2.22. The molecule has 1 aromatic heterocycles. The number of ether oxygens (including phenoxy) is 1. The van der Waals surface area contributed by atoms with E-state index in [9.17, 15) is 0 Å². The van der Waals surface area contributed by atoms with Crippen molar-refractivity contribution >= 4 is 11.9 Å². The maximum Gasteiger partial charge on any atom is 0.323 e. The van der Waals surface area contributed by atoms with Gasteiger partial charge in [-0.2, -0.15) is 15.0 Å². The summed E-state index contributed by atoms with van der Waals surface area (Å²) in [5.74, 6) is 0.591. The molecule has 0 aliphatic heterocycles. The third kappa shape index (κ3) is 4.65. The topological polar surface area (TPSA) is 145 Å². The highest BCUT2D eigenvalue weighted by atomic mass is 16.5. The van der Waals surface area contributed by atoms with Gasteiger partial charge in [-0.15, -0.1) is 0 Å². The number of hydrogen-bond acceptors (Lipinski definition) is 9. The first-order valence-corrected chi connectivity index (χ1v) is 5.05. The van der Waals surface area contributed by atoms with Gasteiger partial charge in [-0.3, -0.25) is 10.9 Å². The van der Waals surface area contributed by atoms with Crippen LogP contribution in [0.5, 0.6) is 6.01 Å². The molecule has 0 spiro atoms. The van der Waals surface area contributed by atoms with Crippen molar-refractivity contribution in [3.63, 3.8) is 0 Å². The summed E-state index contributed by atoms with van der Waals surface area (Å²) in [6, 6.07) is 0.119. The second kappa shape index (κ2) is 7.84. The summed E-state index contributed by atoms with van der Waals surface area (Å²) in [7, 11) is 3.36. The zero-order chi connectivity index (χ0) is 13.2. The molecule has 0 bridgehead atoms. The van der Waals surface area contributed by atoms with Crippen LogP contribution in [-0.2, 0) is 0 Å². The summed E-state index contributed by atoms with van der Waals surface area (Å²) >= 11 is 0. The van der Waals surface area contributed by atoms with Crippen LogP contribution in [0.25, 0.3) is 10.4 Å². The Kier molecular flexibility index (Phi) is 5.97. The standard InChI is InChI=1S/C7H14N10O/c1-9-15-5-12-6(16-10-2)14-7(13-5)18-4-3-11-17-8/h9-10H,3-4H2,1-2H3,(H2,12,13,14,15,16). The van der Waals surface area contributed by atoms with E-state index in [4.69, 9.17) is 10.3 Å². The normalized spacial score (nSPS) is 9.44. The van der Waals surface area contributed by atoms with Crippen LogP contribution in [0.2, 0.25) is 0 Å². The molecule has 98 valence electrons. The van der Waals surface area contributed by atoms with Gasteiger partial charge in [0.15, 0.2) is 0 Å². The van der Waals surface area contributed by atoms with Gasteiger partial charge >= 0.3 is 6.01 Å². The molecule has 0 amide bonds. The quantitative estimate of drug-likeness (QED) is 0.162. The third-order valence-electron chi connectivity index (χ3n) is 1.57. The summed E-state index contributed by atoms with van der Waals surface area (Å²) in [6.45, 7) is 0.387. The van der Waals surface area contributed by atoms with Crippen LogP contribution in [0.1, 0.15) is 0 Å². The van der Waals surface area contributed by atoms with Crippen LogP contribution in [0.15, 0.2) is 5.11 Å². The van der Waals surface area contributed by atoms with Gasteiger partial charge < -0.3 is 4.74 Å². The Hall–Kier alpha value is -2.36. The third-order valence-corrected chi connectivity index (χ3v) is 1.57. The van der Waals surface area contributed by atoms with Gasteiger partial charge in [0.25, 0.3) is 0 Å². The van der Waals surface area contributed by atoms with Gasteiger partial charge in [-0.05, 0) is 5.53 Å². The Morgan fingerprint density at radius 3 is 2.28 bits per heavy atom. The van der Waals surface area contributed by atoms with Crippen LogP contribution in [0.4, 0.5) is 11.9 Å². The Balaban J connectivity index is 2.71. The number of hydrazine groups is 2. The van der Waals surface area contributed by atoms with Gasteiger partial charge in [-0.25, -0.2) is 10.9 Å². The van der Waals surface area contributed by atoms with E-state index in [0.29, 0.717) is 11.9 Å². The summed E-state index contributed by atoms with van der Waals surface area (Å²) in [5.41, 5.74) is 18.9. The van der Waals surface area contributed by atoms with Crippen molar-refractivity contribution in [1.29, 1.82) is 0 Å². The lowest BCUT2D eigenvalue weighted by molar-refractivity contribution is 0.302. The second-order valence-electron chi connectivity index (χ2n) is 2.82. The SMILES string of the molecule is CNNc1nc(NNC)nc(OCCN=[N+]=[N-])n1. The molecule has 1 heterocycles. The van der Waals surface area contributed by atoms with E-state index in [2.05, 4.69) is 46.7 Å². The van der Waals surface area contributed by atoms with Crippen molar-refractivity contribution in [2.75, 3.05) is 38.1 Å². The summed E-state index contributed by atoms with van der Waals surface area (Å²) in [6.07, 6.45) is 0. The molecule has 0 fully saturated rings. The van der Waals surface area contributed by atoms with Gasteiger partial charge in [0.2, 0.25) is 11.9 Å². The number of nitrogens with zero attached hydrogens (tertiary/aromatic N) is 6. The van der Waals surface area contributed by atoms with E-state index in [-0.39, 0.29) is 19.2 Å². The summed E-state index contributed by atoms with van der Waals surface area (Å²) in [5, 5.41) is 3.33. The molecule has 0 radical (unpaired) electrons. The first-order chi connectivity index (χ1) is 8.80. The Labute approximate surface area is 103 Å². The van der Waals surface area contributed by atoms with Crippen molar-refractivity contribution in [2.24, 2.45) is 5.11 Å². The highest BCUT2D eigenvalue weighted by molar-refractivity contribution is 5.34. The molecule has 1 aromatic rings. The molecule has 0 saturated carbocycles. The predicted octanol–water partition coefficient (Wildman–Crippen LogP) is -0.347. The molecule has 0 aliphatic rings. The fourth-order valence-corrected chi connectivity index (χ4v) is 0.979. The van der Waals surface area contributed by atoms with Crippen molar-refractivity contribution in [3.05, 3.63) is 10.4 Å². The summed E-state index contributed by atoms with van der Waals surface area (Å²) in [4.78, 5) is 14.6. The molecular weight excluding hydrogens is 240 g/mol. The van der Waals surface area contributed by atoms with Crippen LogP contribution in [0.3, 0.4) is 0 Å². The van der Waals surface area contributed by atoms with E-state index < -0.39 is 0 Å². The van der Waals surface area contributed by atoms with E-state index in [1.54, 1.807) is 14.1 Å². The van der Waals surface area contributed by atoms with Crippen LogP contribution in [-0.4, -0.2) is 42.2 Å². The average molecular weight is 254 g/mol. The number of nitrogens with one attached hydrogen (secondary N) is 4. The minimum Gasteiger partial charge on any atom is -0.463 e. The number of aromatic nitrogens is 3. The van der Waals surface area contributed by atoms with Gasteiger partial charge in [0.1, 0.15) is 0 Å². The molecule has 0 aliphatic carbocycles. The molecule has 4 N–H and O–H groups in total. The fourth-order valence-electron chi connectivity index (χ4n) is 0.979. The number of hydrogen-bond donors (Lipinski definition) is 4.